The van der Waals surface area contributed by atoms with Crippen LogP contribution in [0.15, 0.2) is 84.9 Å². The smallest absolute Gasteiger partial charge is 0.139 e. The van der Waals surface area contributed by atoms with Crippen molar-refractivity contribution >= 4 is 11.6 Å². The summed E-state index contributed by atoms with van der Waals surface area (Å²) in [5, 5.41) is 0.722. The van der Waals surface area contributed by atoms with Crippen molar-refractivity contribution in [1.82, 2.24) is 19.8 Å². The Balaban J connectivity index is 1.29. The molecule has 0 amide bonds. The number of aryl methyl sites for hydroxylation is 1. The topological polar surface area (TPSA) is 35.2 Å². The van der Waals surface area contributed by atoms with Gasteiger partial charge in [0.1, 0.15) is 5.82 Å². The molecule has 4 aromatic rings. The zero-order chi connectivity index (χ0) is 22.6. The van der Waals surface area contributed by atoms with Crippen molar-refractivity contribution < 1.29 is 0 Å². The molecule has 1 N–H and O–H groups in total. The fraction of sp³-hybridized carbons (Fsp3) is 0.250. The lowest BCUT2D eigenvalue weighted by molar-refractivity contribution is 0.104. The molecule has 1 aliphatic rings. The van der Waals surface area contributed by atoms with E-state index in [4.69, 9.17) is 16.6 Å². The summed E-state index contributed by atoms with van der Waals surface area (Å²) in [4.78, 5) is 13.4. The molecule has 4 nitrogen and oxygen atoms in total. The first-order valence-electron chi connectivity index (χ1n) is 11.6. The Morgan fingerprint density at radius 1 is 0.818 bits per heavy atom. The van der Waals surface area contributed by atoms with Gasteiger partial charge < -0.3 is 4.98 Å². The standard InChI is InChI=1S/C28H29ClN4/c1-21-26(31-28(30-21)24-14-8-9-15-25(24)29)20-32-16-18-33(19-17-32)27(22-10-4-2-5-11-22)23-12-6-3-7-13-23/h2-15,27H,16-20H2,1H3,(H,30,31). The molecular formula is C28H29ClN4. The van der Waals surface area contributed by atoms with Crippen LogP contribution >= 0.6 is 11.6 Å². The predicted octanol–water partition coefficient (Wildman–Crippen LogP) is 5.95. The van der Waals surface area contributed by atoms with Crippen LogP contribution in [0.2, 0.25) is 5.02 Å². The van der Waals surface area contributed by atoms with Crippen molar-refractivity contribution in [2.24, 2.45) is 0 Å². The predicted molar refractivity (Wildman–Crippen MR) is 135 cm³/mol. The molecule has 33 heavy (non-hydrogen) atoms. The first kappa shape index (κ1) is 21.9. The Kier molecular flexibility index (Phi) is 6.58. The quantitative estimate of drug-likeness (QED) is 0.389. The average Bonchev–Trinajstić information content (AvgIpc) is 3.22. The van der Waals surface area contributed by atoms with Crippen molar-refractivity contribution in [3.8, 4) is 11.4 Å². The molecule has 0 unspecified atom stereocenters. The zero-order valence-corrected chi connectivity index (χ0v) is 19.7. The number of hydrogen-bond acceptors (Lipinski definition) is 3. The molecule has 1 aliphatic heterocycles. The van der Waals surface area contributed by atoms with E-state index in [1.807, 2.05) is 24.3 Å². The second kappa shape index (κ2) is 9.92. The molecule has 1 aromatic heterocycles. The molecule has 2 heterocycles. The van der Waals surface area contributed by atoms with Crippen LogP contribution in [0.3, 0.4) is 0 Å². The van der Waals surface area contributed by atoms with Gasteiger partial charge >= 0.3 is 0 Å². The van der Waals surface area contributed by atoms with E-state index in [1.165, 1.54) is 11.1 Å². The first-order valence-corrected chi connectivity index (χ1v) is 11.9. The van der Waals surface area contributed by atoms with E-state index in [0.717, 1.165) is 60.5 Å². The summed E-state index contributed by atoms with van der Waals surface area (Å²) in [7, 11) is 0. The molecule has 168 valence electrons. The Morgan fingerprint density at radius 3 is 2.00 bits per heavy atom. The monoisotopic (exact) mass is 456 g/mol. The molecule has 0 aliphatic carbocycles. The van der Waals surface area contributed by atoms with Gasteiger partial charge in [0.05, 0.1) is 16.8 Å². The van der Waals surface area contributed by atoms with Gasteiger partial charge in [-0.05, 0) is 30.2 Å². The highest BCUT2D eigenvalue weighted by Gasteiger charge is 2.27. The van der Waals surface area contributed by atoms with Crippen molar-refractivity contribution in [3.63, 3.8) is 0 Å². The van der Waals surface area contributed by atoms with Gasteiger partial charge in [-0.1, -0.05) is 84.4 Å². The van der Waals surface area contributed by atoms with Gasteiger partial charge in [0.15, 0.2) is 0 Å². The lowest BCUT2D eigenvalue weighted by atomic mass is 9.96. The van der Waals surface area contributed by atoms with Crippen LogP contribution in [0.1, 0.15) is 28.6 Å². The Labute approximate surface area is 200 Å². The number of nitrogens with one attached hydrogen (secondary N) is 1. The van der Waals surface area contributed by atoms with E-state index in [2.05, 4.69) is 82.4 Å². The number of benzene rings is 3. The molecule has 1 saturated heterocycles. The number of rotatable bonds is 6. The maximum Gasteiger partial charge on any atom is 0.139 e. The Morgan fingerprint density at radius 2 is 1.39 bits per heavy atom. The highest BCUT2D eigenvalue weighted by Crippen LogP contribution is 2.30. The van der Waals surface area contributed by atoms with Gasteiger partial charge in [-0.15, -0.1) is 0 Å². The van der Waals surface area contributed by atoms with Crippen LogP contribution in [0.5, 0.6) is 0 Å². The lowest BCUT2D eigenvalue weighted by Crippen LogP contribution is -2.47. The minimum Gasteiger partial charge on any atom is -0.342 e. The molecule has 5 heteroatoms. The number of imidazole rings is 1. The number of H-pyrrole nitrogens is 1. The molecular weight excluding hydrogens is 428 g/mol. The second-order valence-corrected chi connectivity index (χ2v) is 9.08. The third-order valence-electron chi connectivity index (χ3n) is 6.49. The summed E-state index contributed by atoms with van der Waals surface area (Å²) in [6.45, 7) is 7.03. The Hall–Kier alpha value is -2.92. The fourth-order valence-corrected chi connectivity index (χ4v) is 4.93. The maximum absolute atomic E-state index is 6.38. The number of aromatic amines is 1. The van der Waals surface area contributed by atoms with Gasteiger partial charge in [-0.3, -0.25) is 9.80 Å². The number of halogens is 1. The van der Waals surface area contributed by atoms with Crippen molar-refractivity contribution in [3.05, 3.63) is 112 Å². The molecule has 0 radical (unpaired) electrons. The number of hydrogen-bond donors (Lipinski definition) is 1. The zero-order valence-electron chi connectivity index (χ0n) is 18.9. The average molecular weight is 457 g/mol. The maximum atomic E-state index is 6.38. The van der Waals surface area contributed by atoms with E-state index in [9.17, 15) is 0 Å². The van der Waals surface area contributed by atoms with Crippen LogP contribution in [0.4, 0.5) is 0 Å². The van der Waals surface area contributed by atoms with Crippen molar-refractivity contribution in [2.45, 2.75) is 19.5 Å². The summed E-state index contributed by atoms with van der Waals surface area (Å²) in [5.74, 6) is 0.847. The highest BCUT2D eigenvalue weighted by molar-refractivity contribution is 6.33. The fourth-order valence-electron chi connectivity index (χ4n) is 4.71. The van der Waals surface area contributed by atoms with Gasteiger partial charge in [0.25, 0.3) is 0 Å². The van der Waals surface area contributed by atoms with Gasteiger partial charge in [-0.2, -0.15) is 0 Å². The second-order valence-electron chi connectivity index (χ2n) is 8.67. The number of nitrogens with zero attached hydrogens (tertiary/aromatic N) is 3. The molecule has 5 rings (SSSR count). The van der Waals surface area contributed by atoms with Gasteiger partial charge in [-0.25, -0.2) is 4.98 Å². The van der Waals surface area contributed by atoms with Crippen molar-refractivity contribution in [1.29, 1.82) is 0 Å². The third-order valence-corrected chi connectivity index (χ3v) is 6.82. The van der Waals surface area contributed by atoms with Gasteiger partial charge in [0.2, 0.25) is 0 Å². The molecule has 1 fully saturated rings. The largest absolute Gasteiger partial charge is 0.342 e. The molecule has 0 atom stereocenters. The molecule has 3 aromatic carbocycles. The first-order chi connectivity index (χ1) is 16.2. The summed E-state index contributed by atoms with van der Waals surface area (Å²) >= 11 is 6.38. The SMILES string of the molecule is Cc1[nH]c(-c2ccccc2Cl)nc1CN1CCN(C(c2ccccc2)c2ccccc2)CC1. The normalized spacial score (nSPS) is 15.2. The van der Waals surface area contributed by atoms with Crippen LogP contribution in [-0.4, -0.2) is 45.9 Å². The third kappa shape index (κ3) is 4.88. The van der Waals surface area contributed by atoms with E-state index in [-0.39, 0.29) is 6.04 Å². The van der Waals surface area contributed by atoms with Crippen molar-refractivity contribution in [2.75, 3.05) is 26.2 Å². The van der Waals surface area contributed by atoms with Crippen LogP contribution < -0.4 is 0 Å². The van der Waals surface area contributed by atoms with Crippen LogP contribution in [-0.2, 0) is 6.54 Å². The van der Waals surface area contributed by atoms with Crippen LogP contribution in [0, 0.1) is 6.92 Å². The highest BCUT2D eigenvalue weighted by atomic mass is 35.5. The summed E-state index contributed by atoms with van der Waals surface area (Å²) in [5.41, 5.74) is 5.86. The molecule has 0 saturated carbocycles. The lowest BCUT2D eigenvalue weighted by Gasteiger charge is -2.39. The van der Waals surface area contributed by atoms with E-state index in [1.54, 1.807) is 0 Å². The minimum atomic E-state index is 0.286. The number of aromatic nitrogens is 2. The molecule has 0 bridgehead atoms. The summed E-state index contributed by atoms with van der Waals surface area (Å²) in [6, 6.07) is 29.8. The van der Waals surface area contributed by atoms with Crippen LogP contribution in [0.25, 0.3) is 11.4 Å². The van der Waals surface area contributed by atoms with E-state index >= 15 is 0 Å². The van der Waals surface area contributed by atoms with E-state index < -0.39 is 0 Å². The summed E-state index contributed by atoms with van der Waals surface area (Å²) in [6.07, 6.45) is 0. The molecule has 0 spiro atoms. The van der Waals surface area contributed by atoms with E-state index in [0.29, 0.717) is 0 Å². The summed E-state index contributed by atoms with van der Waals surface area (Å²) < 4.78 is 0. The van der Waals surface area contributed by atoms with Gasteiger partial charge in [0, 0.05) is 44.0 Å². The minimum absolute atomic E-state index is 0.286. The Bertz CT molecular complexity index is 1140. The number of piperazine rings is 1.